The normalized spacial score (nSPS) is 14.6. The molecular weight excluding hydrogens is 604 g/mol. The van der Waals surface area contributed by atoms with Crippen molar-refractivity contribution < 1.29 is 42.9 Å². The van der Waals surface area contributed by atoms with Gasteiger partial charge in [0.15, 0.2) is 24.7 Å². The fourth-order valence-corrected chi connectivity index (χ4v) is 4.18. The highest BCUT2D eigenvalue weighted by Crippen LogP contribution is 2.34. The van der Waals surface area contributed by atoms with Gasteiger partial charge in [0.2, 0.25) is 0 Å². The summed E-state index contributed by atoms with van der Waals surface area (Å²) in [5.74, 6) is -0.609. The van der Waals surface area contributed by atoms with Gasteiger partial charge in [0, 0.05) is 5.70 Å². The average molecular weight is 633 g/mol. The van der Waals surface area contributed by atoms with Crippen molar-refractivity contribution in [3.63, 3.8) is 0 Å². The molecule has 3 N–H and O–H groups in total. The van der Waals surface area contributed by atoms with Crippen LogP contribution in [0, 0.1) is 0 Å². The summed E-state index contributed by atoms with van der Waals surface area (Å²) in [6, 6.07) is 8.59. The summed E-state index contributed by atoms with van der Waals surface area (Å²) in [5.41, 5.74) is 4.21. The van der Waals surface area contributed by atoms with Crippen LogP contribution in [0.2, 0.25) is 0 Å². The first-order valence-electron chi connectivity index (χ1n) is 12.2. The minimum atomic E-state index is -0.781. The van der Waals surface area contributed by atoms with E-state index in [2.05, 4.69) is 41.8 Å². The van der Waals surface area contributed by atoms with E-state index in [1.807, 2.05) is 0 Å². The van der Waals surface area contributed by atoms with Crippen molar-refractivity contribution >= 4 is 46.0 Å². The SMILES string of the molecule is CCOC(=O)C1=C(C)NC(=O)N[C@H]1c1ccc(OCC(=O)N/N=C\c2ccc(OCC(=O)OC)c(Br)c2)c(OC)c1. The lowest BCUT2D eigenvalue weighted by Crippen LogP contribution is -2.45. The second kappa shape index (κ2) is 14.7. The number of urea groups is 1. The van der Waals surface area contributed by atoms with Gasteiger partial charge < -0.3 is 34.3 Å². The fraction of sp³-hybridized carbons (Fsp3) is 0.296. The lowest BCUT2D eigenvalue weighted by Gasteiger charge is -2.28. The quantitative estimate of drug-likeness (QED) is 0.181. The Morgan fingerprint density at radius 2 is 1.78 bits per heavy atom. The summed E-state index contributed by atoms with van der Waals surface area (Å²) in [6.45, 7) is 2.89. The molecule has 1 atom stereocenters. The molecule has 0 saturated carbocycles. The standard InChI is InChI=1S/C27H29BrN4O9/c1-5-39-26(35)24-15(2)30-27(36)31-25(24)17-7-9-20(21(11-17)37-3)40-13-22(33)32-29-12-16-6-8-19(18(28)10-16)41-14-23(34)38-4/h6-12,25H,5,13-14H2,1-4H3,(H,32,33)(H2,30,31,36)/b29-12-/t25-/m0/s1. The van der Waals surface area contributed by atoms with Gasteiger partial charge in [-0.2, -0.15) is 5.10 Å². The molecule has 41 heavy (non-hydrogen) atoms. The third kappa shape index (κ3) is 8.45. The number of carbonyl (C=O) groups is 4. The monoisotopic (exact) mass is 632 g/mol. The Hall–Kier alpha value is -4.59. The number of nitrogens with zero attached hydrogens (tertiary/aromatic N) is 1. The summed E-state index contributed by atoms with van der Waals surface area (Å²) >= 11 is 3.35. The second-order valence-electron chi connectivity index (χ2n) is 8.34. The minimum absolute atomic E-state index is 0.176. The van der Waals surface area contributed by atoms with Crippen molar-refractivity contribution in [1.82, 2.24) is 16.1 Å². The zero-order chi connectivity index (χ0) is 29.9. The van der Waals surface area contributed by atoms with Crippen LogP contribution in [0.4, 0.5) is 4.79 Å². The number of halogens is 1. The molecule has 3 rings (SSSR count). The van der Waals surface area contributed by atoms with Gasteiger partial charge >= 0.3 is 18.0 Å². The van der Waals surface area contributed by atoms with Crippen LogP contribution in [-0.4, -0.2) is 64.1 Å². The van der Waals surface area contributed by atoms with Gasteiger partial charge in [0.1, 0.15) is 5.75 Å². The zero-order valence-electron chi connectivity index (χ0n) is 22.7. The molecule has 0 aromatic heterocycles. The molecule has 14 heteroatoms. The van der Waals surface area contributed by atoms with Crippen LogP contribution in [0.3, 0.4) is 0 Å². The maximum absolute atomic E-state index is 12.6. The van der Waals surface area contributed by atoms with Crippen LogP contribution in [0.25, 0.3) is 0 Å². The van der Waals surface area contributed by atoms with Crippen molar-refractivity contribution in [2.24, 2.45) is 5.10 Å². The average Bonchev–Trinajstić information content (AvgIpc) is 2.95. The molecule has 0 spiro atoms. The summed E-state index contributed by atoms with van der Waals surface area (Å²) < 4.78 is 26.6. The highest BCUT2D eigenvalue weighted by atomic mass is 79.9. The van der Waals surface area contributed by atoms with E-state index in [0.29, 0.717) is 27.0 Å². The third-order valence-corrected chi connectivity index (χ3v) is 6.20. The number of methoxy groups -OCH3 is 2. The number of allylic oxidation sites excluding steroid dienone is 1. The maximum Gasteiger partial charge on any atom is 0.343 e. The molecule has 0 fully saturated rings. The fourth-order valence-electron chi connectivity index (χ4n) is 3.67. The van der Waals surface area contributed by atoms with Gasteiger partial charge in [-0.25, -0.2) is 19.8 Å². The number of esters is 2. The van der Waals surface area contributed by atoms with E-state index < -0.39 is 29.9 Å². The van der Waals surface area contributed by atoms with Gasteiger partial charge in [-0.15, -0.1) is 0 Å². The van der Waals surface area contributed by atoms with Crippen LogP contribution < -0.4 is 30.3 Å². The molecule has 218 valence electrons. The lowest BCUT2D eigenvalue weighted by molar-refractivity contribution is -0.143. The molecular formula is C27H29BrN4O9. The van der Waals surface area contributed by atoms with Gasteiger partial charge in [-0.05, 0) is 71.2 Å². The van der Waals surface area contributed by atoms with E-state index in [1.54, 1.807) is 50.2 Å². The number of rotatable bonds is 12. The molecule has 0 saturated heterocycles. The van der Waals surface area contributed by atoms with Crippen molar-refractivity contribution in [2.75, 3.05) is 34.0 Å². The van der Waals surface area contributed by atoms with Crippen molar-refractivity contribution in [1.29, 1.82) is 0 Å². The summed E-state index contributed by atoms with van der Waals surface area (Å²) in [7, 11) is 2.70. The predicted molar refractivity (Wildman–Crippen MR) is 150 cm³/mol. The lowest BCUT2D eigenvalue weighted by atomic mass is 9.95. The maximum atomic E-state index is 12.6. The first-order valence-corrected chi connectivity index (χ1v) is 13.0. The van der Waals surface area contributed by atoms with Crippen LogP contribution in [0.1, 0.15) is 31.0 Å². The second-order valence-corrected chi connectivity index (χ2v) is 9.19. The number of benzene rings is 2. The highest BCUT2D eigenvalue weighted by Gasteiger charge is 2.32. The van der Waals surface area contributed by atoms with Gasteiger partial charge in [-0.1, -0.05) is 6.07 Å². The first kappa shape index (κ1) is 30.9. The molecule has 0 unspecified atom stereocenters. The molecule has 0 radical (unpaired) electrons. The van der Waals surface area contributed by atoms with E-state index in [1.165, 1.54) is 20.4 Å². The number of hydrogen-bond acceptors (Lipinski definition) is 10. The number of hydrazone groups is 1. The third-order valence-electron chi connectivity index (χ3n) is 5.58. The summed E-state index contributed by atoms with van der Waals surface area (Å²) in [4.78, 5) is 48.2. The Kier molecular flexibility index (Phi) is 11.1. The number of hydrogen-bond donors (Lipinski definition) is 3. The molecule has 0 bridgehead atoms. The Morgan fingerprint density at radius 1 is 1.05 bits per heavy atom. The topological polar surface area (TPSA) is 163 Å². The van der Waals surface area contributed by atoms with E-state index in [4.69, 9.17) is 18.9 Å². The van der Waals surface area contributed by atoms with Crippen LogP contribution in [0.5, 0.6) is 17.2 Å². The summed E-state index contributed by atoms with van der Waals surface area (Å²) in [6.07, 6.45) is 1.42. The van der Waals surface area contributed by atoms with Crippen LogP contribution >= 0.6 is 15.9 Å². The molecule has 1 aliphatic heterocycles. The molecule has 3 amide bonds. The van der Waals surface area contributed by atoms with E-state index in [-0.39, 0.29) is 36.9 Å². The smallest absolute Gasteiger partial charge is 0.343 e. The van der Waals surface area contributed by atoms with Gasteiger partial charge in [0.25, 0.3) is 5.91 Å². The largest absolute Gasteiger partial charge is 0.493 e. The number of ether oxygens (including phenoxy) is 5. The first-order chi connectivity index (χ1) is 19.7. The molecule has 2 aromatic rings. The highest BCUT2D eigenvalue weighted by molar-refractivity contribution is 9.10. The van der Waals surface area contributed by atoms with Crippen molar-refractivity contribution in [3.8, 4) is 17.2 Å². The van der Waals surface area contributed by atoms with Crippen LogP contribution in [-0.2, 0) is 23.9 Å². The Balaban J connectivity index is 1.61. The van der Waals surface area contributed by atoms with Crippen molar-refractivity contribution in [3.05, 3.63) is 63.3 Å². The van der Waals surface area contributed by atoms with E-state index in [9.17, 15) is 19.2 Å². The van der Waals surface area contributed by atoms with Gasteiger partial charge in [0.05, 0.1) is 43.1 Å². The Labute approximate surface area is 244 Å². The van der Waals surface area contributed by atoms with Gasteiger partial charge in [-0.3, -0.25) is 4.79 Å². The number of amides is 3. The Morgan fingerprint density at radius 3 is 2.46 bits per heavy atom. The van der Waals surface area contributed by atoms with Crippen LogP contribution in [0.15, 0.2) is 57.2 Å². The van der Waals surface area contributed by atoms with Crippen molar-refractivity contribution in [2.45, 2.75) is 19.9 Å². The molecule has 2 aromatic carbocycles. The molecule has 1 heterocycles. The summed E-state index contributed by atoms with van der Waals surface area (Å²) in [5, 5.41) is 9.21. The minimum Gasteiger partial charge on any atom is -0.493 e. The van der Waals surface area contributed by atoms with E-state index in [0.717, 1.165) is 0 Å². The van der Waals surface area contributed by atoms with E-state index >= 15 is 0 Å². The zero-order valence-corrected chi connectivity index (χ0v) is 24.3. The predicted octanol–water partition coefficient (Wildman–Crippen LogP) is 2.73. The number of carbonyl (C=O) groups excluding carboxylic acids is 4. The molecule has 13 nitrogen and oxygen atoms in total. The molecule has 1 aliphatic rings. The Bertz CT molecular complexity index is 1380. The number of nitrogens with one attached hydrogen (secondary N) is 3. The molecule has 0 aliphatic carbocycles.